The van der Waals surface area contributed by atoms with Crippen molar-refractivity contribution in [1.82, 2.24) is 4.90 Å². The lowest BCUT2D eigenvalue weighted by Crippen LogP contribution is -2.82. The van der Waals surface area contributed by atoms with Crippen LogP contribution in [-0.2, 0) is 62.0 Å². The highest BCUT2D eigenvalue weighted by Gasteiger charge is 2.86. The first-order chi connectivity index (χ1) is 34.1. The van der Waals surface area contributed by atoms with Gasteiger partial charge < -0.3 is 57.5 Å². The highest BCUT2D eigenvalue weighted by Crippen LogP contribution is 2.72. The Morgan fingerprint density at radius 3 is 2.15 bits per heavy atom. The second-order valence-corrected chi connectivity index (χ2v) is 24.7. The summed E-state index contributed by atoms with van der Waals surface area (Å²) in [6, 6.07) is -0.857. The lowest BCUT2D eigenvalue weighted by Gasteiger charge is -2.64. The van der Waals surface area contributed by atoms with Crippen molar-refractivity contribution in [1.29, 1.82) is 0 Å². The van der Waals surface area contributed by atoms with E-state index in [9.17, 15) is 38.1 Å². The van der Waals surface area contributed by atoms with Crippen LogP contribution in [-0.4, -0.2) is 142 Å². The Bertz CT molecular complexity index is 2590. The molecule has 5 N–H and O–H groups in total. The van der Waals surface area contributed by atoms with E-state index in [1.54, 1.807) is 6.08 Å². The van der Waals surface area contributed by atoms with Crippen molar-refractivity contribution < 1.29 is 99.1 Å². The summed E-state index contributed by atoms with van der Waals surface area (Å²) in [4.78, 5) is 87.8. The van der Waals surface area contributed by atoms with Crippen molar-refractivity contribution in [2.24, 2.45) is 17.8 Å². The molecule has 1 aromatic carbocycles. The van der Waals surface area contributed by atoms with Crippen molar-refractivity contribution >= 4 is 47.1 Å². The molecule has 8 rings (SSSR count). The molecule has 0 amide bonds. The Morgan fingerprint density at radius 2 is 1.51 bits per heavy atom. The molecule has 4 heterocycles. The van der Waals surface area contributed by atoms with Gasteiger partial charge in [-0.05, 0) is 93.2 Å². The van der Waals surface area contributed by atoms with Gasteiger partial charge in [0, 0.05) is 48.5 Å². The number of morpholine rings is 1. The molecule has 5 fully saturated rings. The highest BCUT2D eigenvalue weighted by atomic mass is 31.3. The summed E-state index contributed by atoms with van der Waals surface area (Å²) < 4.78 is 95.9. The molecule has 9 unspecified atom stereocenters. The molecule has 2 saturated heterocycles. The lowest BCUT2D eigenvalue weighted by atomic mass is 9.44. The van der Waals surface area contributed by atoms with Crippen molar-refractivity contribution in [2.75, 3.05) is 65.9 Å². The molecule has 0 radical (unpaired) electrons. The van der Waals surface area contributed by atoms with Gasteiger partial charge in [-0.15, -0.1) is 0 Å². The molecular formula is C48H68NO21P3. The number of Topliss-reactive ketones (excluding diaryl/α,β-unsaturated/α-hetero) is 2. The summed E-state index contributed by atoms with van der Waals surface area (Å²) in [6.07, 6.45) is 9.65. The van der Waals surface area contributed by atoms with Gasteiger partial charge in [0.05, 0.1) is 63.3 Å². The molecule has 4 aliphatic heterocycles. The first-order valence-corrected chi connectivity index (χ1v) is 28.7. The van der Waals surface area contributed by atoms with Crippen molar-refractivity contribution in [3.8, 4) is 17.2 Å². The number of carbonyl (C=O) groups is 3. The molecule has 9 atom stereocenters. The summed E-state index contributed by atoms with van der Waals surface area (Å²) in [5.41, 5.74) is -4.10. The van der Waals surface area contributed by atoms with Gasteiger partial charge in [0.25, 0.3) is 0 Å². The molecule has 4 bridgehead atoms. The van der Waals surface area contributed by atoms with Crippen LogP contribution in [0.2, 0.25) is 0 Å². The number of aliphatic hydroxyl groups excluding tert-OH is 1. The summed E-state index contributed by atoms with van der Waals surface area (Å²) in [5.74, 6) is -5.40. The van der Waals surface area contributed by atoms with Crippen LogP contribution in [0.4, 0.5) is 0 Å². The largest absolute Gasteiger partial charge is 0.536 e. The normalized spacial score (nSPS) is 29.7. The molecular weight excluding hydrogens is 1020 g/mol. The number of aliphatic hydroxyl groups is 1. The van der Waals surface area contributed by atoms with Gasteiger partial charge in [-0.1, -0.05) is 29.4 Å². The highest BCUT2D eigenvalue weighted by molar-refractivity contribution is 7.66. The van der Waals surface area contributed by atoms with Gasteiger partial charge in [0.1, 0.15) is 29.3 Å². The second kappa shape index (κ2) is 21.9. The monoisotopic (exact) mass is 1090 g/mol. The SMILES string of the molecule is CC(C)=CCCC1(C)C=Cc2c(c(CC=C(C)C)c3c(c2OP(=O)(O)OP(=O)(O)OP(=O)(O)O)C(=O)C2C(N4CCOCC4)C4CC5C(C)(C)OC(CC=C(C)C(=O)OCCOCCOCCO)(C4=O)C25O3)O1. The van der Waals surface area contributed by atoms with E-state index >= 15 is 9.59 Å². The van der Waals surface area contributed by atoms with Crippen molar-refractivity contribution in [3.63, 3.8) is 0 Å². The fourth-order valence-corrected chi connectivity index (χ4v) is 14.3. The van der Waals surface area contributed by atoms with E-state index in [0.717, 1.165) is 11.1 Å². The summed E-state index contributed by atoms with van der Waals surface area (Å²) in [5, 5.41) is 8.91. The van der Waals surface area contributed by atoms with Gasteiger partial charge in [-0.25, -0.2) is 18.5 Å². The van der Waals surface area contributed by atoms with Crippen molar-refractivity contribution in [3.05, 3.63) is 57.7 Å². The number of carbonyl (C=O) groups excluding carboxylic acids is 3. The summed E-state index contributed by atoms with van der Waals surface area (Å²) in [7, 11) is -17.9. The molecule has 7 aliphatic rings. The molecule has 25 heteroatoms. The summed E-state index contributed by atoms with van der Waals surface area (Å²) >= 11 is 0. The van der Waals surface area contributed by atoms with Gasteiger partial charge >= 0.3 is 29.4 Å². The maximum Gasteiger partial charge on any atom is 0.536 e. The number of esters is 1. The minimum absolute atomic E-state index is 0.0389. The fourth-order valence-electron chi connectivity index (χ4n) is 11.3. The Morgan fingerprint density at radius 1 is 0.849 bits per heavy atom. The molecule has 406 valence electrons. The van der Waals surface area contributed by atoms with Crippen LogP contribution < -0.4 is 14.0 Å². The number of hydrogen-bond donors (Lipinski definition) is 5. The molecule has 1 spiro atoms. The zero-order valence-electron chi connectivity index (χ0n) is 42.4. The van der Waals surface area contributed by atoms with Gasteiger partial charge in [0.2, 0.25) is 0 Å². The van der Waals surface area contributed by atoms with Crippen LogP contribution in [0.3, 0.4) is 0 Å². The number of phosphoric acid groups is 3. The molecule has 1 aromatic rings. The Labute approximate surface area is 424 Å². The van der Waals surface area contributed by atoms with E-state index in [1.165, 1.54) is 19.1 Å². The smallest absolute Gasteiger partial charge is 0.482 e. The van der Waals surface area contributed by atoms with Crippen LogP contribution in [0.25, 0.3) is 6.08 Å². The average molecular weight is 1090 g/mol. The standard InChI is InChI=1S/C48H68NO21P3/c1-29(2)10-9-15-46(8)16-14-33-40(65-46)32(12-11-30(3)4)41-36(42(33)67-72(57,58)70-73(59,60)69-71(54,55)56)39(51)37-38(49-18-21-61-22-19-49)34-28-35-45(6,7)68-47(43(34)52,48(35,37)66-41)17-13-31(5)44(53)64-27-26-63-25-24-62-23-20-50/h10-11,13-14,16,34-35,37-38,50H,9,12,15,17-28H2,1-8H3,(H,57,58)(H,59,60)(H2,54,55,56). The fraction of sp³-hybridized carbons (Fsp3) is 0.646. The van der Waals surface area contributed by atoms with Crippen LogP contribution >= 0.6 is 23.5 Å². The van der Waals surface area contributed by atoms with Crippen LogP contribution in [0.1, 0.15) is 103 Å². The van der Waals surface area contributed by atoms with Gasteiger partial charge in [-0.2, -0.15) is 8.62 Å². The van der Waals surface area contributed by atoms with E-state index in [4.69, 9.17) is 42.8 Å². The molecule has 0 aromatic heterocycles. The van der Waals surface area contributed by atoms with Crippen LogP contribution in [0.15, 0.2) is 41.0 Å². The number of phosphoric ester groups is 1. The maximum absolute atomic E-state index is 16.4. The first-order valence-electron chi connectivity index (χ1n) is 24.2. The van der Waals surface area contributed by atoms with Gasteiger partial charge in [0.15, 0.2) is 28.5 Å². The minimum Gasteiger partial charge on any atom is -0.482 e. The first kappa shape index (κ1) is 57.3. The molecule has 3 saturated carbocycles. The Balaban J connectivity index is 1.43. The predicted molar refractivity (Wildman–Crippen MR) is 261 cm³/mol. The van der Waals surface area contributed by atoms with E-state index in [0.29, 0.717) is 25.9 Å². The van der Waals surface area contributed by atoms with Crippen molar-refractivity contribution in [2.45, 2.75) is 116 Å². The molecule has 73 heavy (non-hydrogen) atoms. The third-order valence-corrected chi connectivity index (χ3v) is 17.9. The number of ketones is 2. The Hall–Kier alpha value is -3.40. The number of benzene rings is 1. The third-order valence-electron chi connectivity index (χ3n) is 14.2. The number of rotatable bonds is 23. The number of fused-ring (bicyclic) bond motifs is 2. The zero-order valence-corrected chi connectivity index (χ0v) is 45.0. The quantitative estimate of drug-likeness (QED) is 0.0271. The maximum atomic E-state index is 16.4. The number of hydrogen-bond acceptors (Lipinski definition) is 18. The average Bonchev–Trinajstić information content (AvgIpc) is 3.43. The molecule has 3 aliphatic carbocycles. The van der Waals surface area contributed by atoms with Gasteiger partial charge in [-0.3, -0.25) is 19.4 Å². The van der Waals surface area contributed by atoms with Crippen LogP contribution in [0, 0.1) is 17.8 Å². The van der Waals surface area contributed by atoms with E-state index in [2.05, 4.69) is 8.62 Å². The van der Waals surface area contributed by atoms with Crippen LogP contribution in [0.5, 0.6) is 17.2 Å². The zero-order chi connectivity index (χ0) is 53.5. The Kier molecular flexibility index (Phi) is 17.2. The van der Waals surface area contributed by atoms with E-state index in [1.807, 2.05) is 65.5 Å². The molecule has 22 nitrogen and oxygen atoms in total. The predicted octanol–water partition coefficient (Wildman–Crippen LogP) is 6.11. The lowest BCUT2D eigenvalue weighted by molar-refractivity contribution is -0.216. The number of ether oxygens (including phenoxy) is 7. The third kappa shape index (κ3) is 11.8. The van der Waals surface area contributed by atoms with E-state index < -0.39 is 92.7 Å². The second-order valence-electron chi connectivity index (χ2n) is 20.3. The summed E-state index contributed by atoms with van der Waals surface area (Å²) in [6.45, 7) is 16.2. The minimum atomic E-state index is -6.06. The number of nitrogens with zero attached hydrogens (tertiary/aromatic N) is 1. The number of allylic oxidation sites excluding steroid dienone is 4. The topological polar surface area (TPSA) is 299 Å². The van der Waals surface area contributed by atoms with E-state index in [-0.39, 0.29) is 106 Å².